The number of piperidine rings is 1. The van der Waals surface area contributed by atoms with Crippen molar-refractivity contribution in [3.8, 4) is 0 Å². The van der Waals surface area contributed by atoms with Gasteiger partial charge in [0.05, 0.1) is 0 Å². The molecule has 0 aromatic heterocycles. The van der Waals surface area contributed by atoms with Crippen molar-refractivity contribution in [1.82, 2.24) is 10.2 Å². The maximum absolute atomic E-state index is 13.1. The highest BCUT2D eigenvalue weighted by atomic mass is 19.1. The molecule has 1 amide bonds. The molecule has 0 spiro atoms. The largest absolute Gasteiger partial charge is 0.356 e. The Morgan fingerprint density at radius 3 is 2.77 bits per heavy atom. The van der Waals surface area contributed by atoms with Gasteiger partial charge in [0.1, 0.15) is 5.82 Å². The van der Waals surface area contributed by atoms with E-state index in [0.29, 0.717) is 24.3 Å². The van der Waals surface area contributed by atoms with Gasteiger partial charge in [0, 0.05) is 31.5 Å². The molecule has 1 aromatic carbocycles. The molecule has 2 heterocycles. The maximum atomic E-state index is 13.1. The van der Waals surface area contributed by atoms with E-state index in [1.54, 1.807) is 12.1 Å². The molecule has 3 rings (SSSR count). The normalized spacial score (nSPS) is 27.6. The SMILES string of the molecule is C[C@H](CN1CCCC[C@@H]1[C@H]1CNC(=O)C1)c1ccc(F)cc1. The third-order valence-electron chi connectivity index (χ3n) is 5.16. The summed E-state index contributed by atoms with van der Waals surface area (Å²) >= 11 is 0. The van der Waals surface area contributed by atoms with E-state index in [-0.39, 0.29) is 11.7 Å². The number of likely N-dealkylation sites (tertiary alicyclic amines) is 1. The molecule has 22 heavy (non-hydrogen) atoms. The fourth-order valence-corrected chi connectivity index (χ4v) is 3.93. The van der Waals surface area contributed by atoms with Gasteiger partial charge in [0.15, 0.2) is 0 Å². The molecule has 2 fully saturated rings. The predicted octanol–water partition coefficient (Wildman–Crippen LogP) is 2.92. The van der Waals surface area contributed by atoms with Crippen LogP contribution in [-0.2, 0) is 4.79 Å². The summed E-state index contributed by atoms with van der Waals surface area (Å²) in [4.78, 5) is 14.1. The standard InChI is InChI=1S/C18H25FN2O/c1-13(14-5-7-16(19)8-6-14)12-21-9-3-2-4-17(21)15-10-18(22)20-11-15/h5-8,13,15,17H,2-4,9-12H2,1H3,(H,20,22)/t13-,15-,17-/m1/s1. The van der Waals surface area contributed by atoms with Crippen LogP contribution in [0.4, 0.5) is 4.39 Å². The summed E-state index contributed by atoms with van der Waals surface area (Å²) in [5.41, 5.74) is 1.19. The second-order valence-corrected chi connectivity index (χ2v) is 6.78. The molecule has 4 heteroatoms. The Balaban J connectivity index is 1.65. The molecule has 0 aliphatic carbocycles. The number of halogens is 1. The van der Waals surface area contributed by atoms with Crippen LogP contribution >= 0.6 is 0 Å². The minimum atomic E-state index is -0.178. The Kier molecular flexibility index (Phi) is 4.77. The Hall–Kier alpha value is -1.42. The molecule has 3 atom stereocenters. The number of nitrogens with zero attached hydrogens (tertiary/aromatic N) is 1. The molecule has 3 nitrogen and oxygen atoms in total. The number of carbonyl (C=O) groups excluding carboxylic acids is 1. The number of hydrogen-bond acceptors (Lipinski definition) is 2. The van der Waals surface area contributed by atoms with Crippen molar-refractivity contribution in [3.05, 3.63) is 35.6 Å². The van der Waals surface area contributed by atoms with Crippen molar-refractivity contribution >= 4 is 5.91 Å². The summed E-state index contributed by atoms with van der Waals surface area (Å²) in [7, 11) is 0. The fourth-order valence-electron chi connectivity index (χ4n) is 3.93. The molecule has 2 saturated heterocycles. The molecule has 2 aliphatic rings. The molecule has 0 radical (unpaired) electrons. The first-order valence-corrected chi connectivity index (χ1v) is 8.39. The first-order valence-electron chi connectivity index (χ1n) is 8.39. The van der Waals surface area contributed by atoms with Gasteiger partial charge in [0.2, 0.25) is 5.91 Å². The topological polar surface area (TPSA) is 32.3 Å². The van der Waals surface area contributed by atoms with Crippen molar-refractivity contribution in [1.29, 1.82) is 0 Å². The van der Waals surface area contributed by atoms with Crippen molar-refractivity contribution in [2.45, 2.75) is 44.6 Å². The maximum Gasteiger partial charge on any atom is 0.220 e. The zero-order valence-corrected chi connectivity index (χ0v) is 13.2. The van der Waals surface area contributed by atoms with Gasteiger partial charge in [-0.05, 0) is 43.0 Å². The minimum Gasteiger partial charge on any atom is -0.356 e. The van der Waals surface area contributed by atoms with Crippen LogP contribution in [0.3, 0.4) is 0 Å². The van der Waals surface area contributed by atoms with Crippen LogP contribution in [-0.4, -0.2) is 36.5 Å². The number of benzene rings is 1. The van der Waals surface area contributed by atoms with Crippen molar-refractivity contribution in [3.63, 3.8) is 0 Å². The Morgan fingerprint density at radius 2 is 2.09 bits per heavy atom. The van der Waals surface area contributed by atoms with E-state index >= 15 is 0 Å². The number of amides is 1. The monoisotopic (exact) mass is 304 g/mol. The van der Waals surface area contributed by atoms with E-state index in [4.69, 9.17) is 0 Å². The second kappa shape index (κ2) is 6.78. The van der Waals surface area contributed by atoms with Crippen LogP contribution < -0.4 is 5.32 Å². The van der Waals surface area contributed by atoms with E-state index in [1.807, 2.05) is 12.1 Å². The van der Waals surface area contributed by atoms with Crippen molar-refractivity contribution < 1.29 is 9.18 Å². The lowest BCUT2D eigenvalue weighted by Gasteiger charge is -2.40. The smallest absolute Gasteiger partial charge is 0.220 e. The highest BCUT2D eigenvalue weighted by molar-refractivity contribution is 5.78. The summed E-state index contributed by atoms with van der Waals surface area (Å²) in [6.07, 6.45) is 4.36. The lowest BCUT2D eigenvalue weighted by Crippen LogP contribution is -2.46. The molecule has 0 saturated carbocycles. The summed E-state index contributed by atoms with van der Waals surface area (Å²) < 4.78 is 13.1. The van der Waals surface area contributed by atoms with Crippen LogP contribution in [0.25, 0.3) is 0 Å². The van der Waals surface area contributed by atoms with E-state index in [2.05, 4.69) is 17.1 Å². The van der Waals surface area contributed by atoms with Gasteiger partial charge in [-0.3, -0.25) is 9.69 Å². The average Bonchev–Trinajstić information content (AvgIpc) is 2.95. The van der Waals surface area contributed by atoms with Gasteiger partial charge in [-0.2, -0.15) is 0 Å². The summed E-state index contributed by atoms with van der Waals surface area (Å²) in [5, 5.41) is 2.97. The van der Waals surface area contributed by atoms with E-state index in [0.717, 1.165) is 19.6 Å². The van der Waals surface area contributed by atoms with Crippen LogP contribution in [0.5, 0.6) is 0 Å². The minimum absolute atomic E-state index is 0.178. The van der Waals surface area contributed by atoms with Gasteiger partial charge in [0.25, 0.3) is 0 Å². The molecule has 2 aliphatic heterocycles. The lowest BCUT2D eigenvalue weighted by molar-refractivity contribution is -0.119. The molecule has 1 aromatic rings. The highest BCUT2D eigenvalue weighted by Crippen LogP contribution is 2.29. The molecule has 0 unspecified atom stereocenters. The van der Waals surface area contributed by atoms with Gasteiger partial charge in [-0.15, -0.1) is 0 Å². The second-order valence-electron chi connectivity index (χ2n) is 6.78. The number of rotatable bonds is 4. The van der Waals surface area contributed by atoms with E-state index < -0.39 is 0 Å². The summed E-state index contributed by atoms with van der Waals surface area (Å²) in [6, 6.07) is 7.37. The zero-order valence-electron chi connectivity index (χ0n) is 13.2. The zero-order chi connectivity index (χ0) is 15.5. The predicted molar refractivity (Wildman–Crippen MR) is 85.1 cm³/mol. The third-order valence-corrected chi connectivity index (χ3v) is 5.16. The quantitative estimate of drug-likeness (QED) is 0.927. The fraction of sp³-hybridized carbons (Fsp3) is 0.611. The molecular formula is C18H25FN2O. The molecular weight excluding hydrogens is 279 g/mol. The molecule has 120 valence electrons. The first-order chi connectivity index (χ1) is 10.6. The summed E-state index contributed by atoms with van der Waals surface area (Å²) in [5.74, 6) is 0.851. The molecule has 0 bridgehead atoms. The van der Waals surface area contributed by atoms with Crippen LogP contribution in [0.1, 0.15) is 44.1 Å². The molecule has 1 N–H and O–H groups in total. The Labute approximate surface area is 131 Å². The van der Waals surface area contributed by atoms with E-state index in [1.165, 1.54) is 24.8 Å². The van der Waals surface area contributed by atoms with Crippen LogP contribution in [0, 0.1) is 11.7 Å². The van der Waals surface area contributed by atoms with Gasteiger partial charge < -0.3 is 5.32 Å². The van der Waals surface area contributed by atoms with Gasteiger partial charge >= 0.3 is 0 Å². The average molecular weight is 304 g/mol. The van der Waals surface area contributed by atoms with E-state index in [9.17, 15) is 9.18 Å². The highest BCUT2D eigenvalue weighted by Gasteiger charge is 2.34. The number of carbonyl (C=O) groups is 1. The van der Waals surface area contributed by atoms with Crippen LogP contribution in [0.2, 0.25) is 0 Å². The lowest BCUT2D eigenvalue weighted by atomic mass is 9.88. The van der Waals surface area contributed by atoms with Crippen molar-refractivity contribution in [2.75, 3.05) is 19.6 Å². The third kappa shape index (κ3) is 3.49. The van der Waals surface area contributed by atoms with Gasteiger partial charge in [-0.1, -0.05) is 25.5 Å². The number of nitrogens with one attached hydrogen (secondary N) is 1. The first kappa shape index (κ1) is 15.5. The Morgan fingerprint density at radius 1 is 1.32 bits per heavy atom. The number of hydrogen-bond donors (Lipinski definition) is 1. The van der Waals surface area contributed by atoms with Crippen molar-refractivity contribution in [2.24, 2.45) is 5.92 Å². The van der Waals surface area contributed by atoms with Crippen LogP contribution in [0.15, 0.2) is 24.3 Å². The summed E-state index contributed by atoms with van der Waals surface area (Å²) in [6.45, 7) is 5.13. The Bertz CT molecular complexity index is 516. The van der Waals surface area contributed by atoms with Gasteiger partial charge in [-0.25, -0.2) is 4.39 Å².